The van der Waals surface area contributed by atoms with Crippen LogP contribution in [-0.2, 0) is 4.74 Å². The molecule has 1 amide bonds. The van der Waals surface area contributed by atoms with E-state index in [1.807, 2.05) is 33.8 Å². The maximum atomic E-state index is 12.0. The first-order chi connectivity index (χ1) is 9.37. The summed E-state index contributed by atoms with van der Waals surface area (Å²) in [5, 5.41) is 0. The van der Waals surface area contributed by atoms with Gasteiger partial charge in [-0.05, 0) is 45.7 Å². The predicted octanol–water partition coefficient (Wildman–Crippen LogP) is 2.78. The molecule has 0 bridgehead atoms. The highest BCUT2D eigenvalue weighted by Crippen LogP contribution is 2.23. The second-order valence-electron chi connectivity index (χ2n) is 6.07. The van der Waals surface area contributed by atoms with Crippen LogP contribution in [0.5, 0.6) is 5.75 Å². The van der Waals surface area contributed by atoms with Crippen LogP contribution in [0, 0.1) is 6.92 Å². The molecule has 1 aliphatic rings. The van der Waals surface area contributed by atoms with Crippen molar-refractivity contribution in [1.29, 1.82) is 0 Å². The van der Waals surface area contributed by atoms with Gasteiger partial charge in [-0.15, -0.1) is 0 Å². The van der Waals surface area contributed by atoms with Crippen molar-refractivity contribution in [2.45, 2.75) is 45.8 Å². The van der Waals surface area contributed by atoms with Crippen molar-refractivity contribution in [1.82, 2.24) is 9.88 Å². The van der Waals surface area contributed by atoms with E-state index in [2.05, 4.69) is 4.98 Å². The zero-order valence-electron chi connectivity index (χ0n) is 12.5. The quantitative estimate of drug-likeness (QED) is 0.853. The van der Waals surface area contributed by atoms with Gasteiger partial charge in [-0.25, -0.2) is 4.79 Å². The van der Waals surface area contributed by atoms with Crippen molar-refractivity contribution in [3.8, 4) is 5.75 Å². The largest absolute Gasteiger partial charge is 0.490 e. The summed E-state index contributed by atoms with van der Waals surface area (Å²) < 4.78 is 11.1. The molecule has 1 aromatic heterocycles. The maximum absolute atomic E-state index is 12.0. The molecule has 20 heavy (non-hydrogen) atoms. The third-order valence-electron chi connectivity index (χ3n) is 3.19. The summed E-state index contributed by atoms with van der Waals surface area (Å²) in [6, 6.07) is 1.99. The topological polar surface area (TPSA) is 51.7 Å². The maximum Gasteiger partial charge on any atom is 0.410 e. The molecule has 1 aromatic rings. The molecule has 1 atom stereocenters. The number of hydrogen-bond donors (Lipinski definition) is 0. The summed E-state index contributed by atoms with van der Waals surface area (Å²) >= 11 is 0. The Morgan fingerprint density at radius 2 is 2.25 bits per heavy atom. The summed E-state index contributed by atoms with van der Waals surface area (Å²) in [6.45, 7) is 8.80. The number of carbonyl (C=O) groups is 1. The van der Waals surface area contributed by atoms with Gasteiger partial charge >= 0.3 is 6.09 Å². The highest BCUT2D eigenvalue weighted by Gasteiger charge is 2.35. The second kappa shape index (κ2) is 5.69. The summed E-state index contributed by atoms with van der Waals surface area (Å²) in [6.07, 6.45) is 4.11. The molecule has 0 unspecified atom stereocenters. The first kappa shape index (κ1) is 14.6. The Hall–Kier alpha value is -1.78. The van der Waals surface area contributed by atoms with E-state index in [0.717, 1.165) is 24.3 Å². The lowest BCUT2D eigenvalue weighted by Crippen LogP contribution is -2.55. The van der Waals surface area contributed by atoms with Gasteiger partial charge in [0, 0.05) is 12.7 Å². The van der Waals surface area contributed by atoms with Crippen LogP contribution in [0.25, 0.3) is 0 Å². The van der Waals surface area contributed by atoms with Crippen molar-refractivity contribution in [3.63, 3.8) is 0 Å². The van der Waals surface area contributed by atoms with Gasteiger partial charge < -0.3 is 14.4 Å². The standard InChI is InChI=1S/C15H22N2O3/c1-11-5-7-16-9-13(11)19-10-12-6-8-17(12)14(18)20-15(2,3)4/h5,7,9,12H,6,8,10H2,1-4H3/t12-/m0/s1. The van der Waals surface area contributed by atoms with Crippen molar-refractivity contribution in [2.75, 3.05) is 13.2 Å². The minimum Gasteiger partial charge on any atom is -0.490 e. The van der Waals surface area contributed by atoms with E-state index < -0.39 is 5.60 Å². The summed E-state index contributed by atoms with van der Waals surface area (Å²) in [5.74, 6) is 0.767. The summed E-state index contributed by atoms with van der Waals surface area (Å²) in [4.78, 5) is 17.7. The minimum absolute atomic E-state index is 0.0875. The van der Waals surface area contributed by atoms with Crippen LogP contribution in [0.3, 0.4) is 0 Å². The highest BCUT2D eigenvalue weighted by atomic mass is 16.6. The van der Waals surface area contributed by atoms with Crippen molar-refractivity contribution < 1.29 is 14.3 Å². The number of likely N-dealkylation sites (tertiary alicyclic amines) is 1. The number of carbonyl (C=O) groups excluding carboxylic acids is 1. The number of rotatable bonds is 3. The van der Waals surface area contributed by atoms with Gasteiger partial charge in [-0.2, -0.15) is 0 Å². The predicted molar refractivity (Wildman–Crippen MR) is 75.8 cm³/mol. The molecular weight excluding hydrogens is 256 g/mol. The Bertz CT molecular complexity index is 482. The Morgan fingerprint density at radius 1 is 1.50 bits per heavy atom. The molecule has 0 radical (unpaired) electrons. The first-order valence-electron chi connectivity index (χ1n) is 6.90. The molecule has 0 saturated carbocycles. The smallest absolute Gasteiger partial charge is 0.410 e. The van der Waals surface area contributed by atoms with Gasteiger partial charge in [0.15, 0.2) is 0 Å². The molecule has 1 fully saturated rings. The normalized spacial score (nSPS) is 18.4. The number of aromatic nitrogens is 1. The van der Waals surface area contributed by atoms with Crippen LogP contribution in [0.2, 0.25) is 0 Å². The zero-order valence-corrected chi connectivity index (χ0v) is 12.5. The van der Waals surface area contributed by atoms with Gasteiger partial charge in [0.1, 0.15) is 18.0 Å². The lowest BCUT2D eigenvalue weighted by atomic mass is 10.1. The van der Waals surface area contributed by atoms with Crippen LogP contribution in [0.4, 0.5) is 4.79 Å². The number of pyridine rings is 1. The van der Waals surface area contributed by atoms with E-state index in [-0.39, 0.29) is 12.1 Å². The van der Waals surface area contributed by atoms with Crippen LogP contribution in [-0.4, -0.2) is 40.8 Å². The monoisotopic (exact) mass is 278 g/mol. The van der Waals surface area contributed by atoms with E-state index in [1.54, 1.807) is 17.3 Å². The third kappa shape index (κ3) is 3.62. The molecule has 1 saturated heterocycles. The number of ether oxygens (including phenoxy) is 2. The lowest BCUT2D eigenvalue weighted by Gasteiger charge is -2.41. The van der Waals surface area contributed by atoms with Gasteiger partial charge in [-0.1, -0.05) is 0 Å². The van der Waals surface area contributed by atoms with Crippen LogP contribution in [0.15, 0.2) is 18.5 Å². The van der Waals surface area contributed by atoms with Gasteiger partial charge in [0.25, 0.3) is 0 Å². The summed E-state index contributed by atoms with van der Waals surface area (Å²) in [7, 11) is 0. The number of amides is 1. The molecule has 110 valence electrons. The fraction of sp³-hybridized carbons (Fsp3) is 0.600. The van der Waals surface area contributed by atoms with Crippen molar-refractivity contribution >= 4 is 6.09 Å². The Labute approximate surface area is 119 Å². The Kier molecular flexibility index (Phi) is 4.16. The molecule has 0 spiro atoms. The molecular formula is C15H22N2O3. The highest BCUT2D eigenvalue weighted by molar-refractivity contribution is 5.69. The van der Waals surface area contributed by atoms with Crippen molar-refractivity contribution in [3.05, 3.63) is 24.0 Å². The molecule has 1 aliphatic heterocycles. The van der Waals surface area contributed by atoms with Crippen LogP contribution >= 0.6 is 0 Å². The SMILES string of the molecule is Cc1ccncc1OC[C@@H]1CCN1C(=O)OC(C)(C)C. The molecule has 5 nitrogen and oxygen atoms in total. The van der Waals surface area contributed by atoms with Gasteiger partial charge in [0.05, 0.1) is 12.2 Å². The number of hydrogen-bond acceptors (Lipinski definition) is 4. The average molecular weight is 278 g/mol. The number of nitrogens with zero attached hydrogens (tertiary/aromatic N) is 2. The Balaban J connectivity index is 1.86. The lowest BCUT2D eigenvalue weighted by molar-refractivity contribution is -0.0142. The molecule has 0 aromatic carbocycles. The van der Waals surface area contributed by atoms with E-state index >= 15 is 0 Å². The molecule has 5 heteroatoms. The third-order valence-corrected chi connectivity index (χ3v) is 3.19. The molecule has 2 rings (SSSR count). The van der Waals surface area contributed by atoms with Crippen molar-refractivity contribution in [2.24, 2.45) is 0 Å². The summed E-state index contributed by atoms with van der Waals surface area (Å²) in [5.41, 5.74) is 0.584. The van der Waals surface area contributed by atoms with E-state index in [0.29, 0.717) is 6.61 Å². The van der Waals surface area contributed by atoms with Gasteiger partial charge in [0.2, 0.25) is 0 Å². The fourth-order valence-corrected chi connectivity index (χ4v) is 1.96. The minimum atomic E-state index is -0.460. The molecule has 0 N–H and O–H groups in total. The zero-order chi connectivity index (χ0) is 14.8. The molecule has 2 heterocycles. The van der Waals surface area contributed by atoms with Crippen LogP contribution in [0.1, 0.15) is 32.8 Å². The van der Waals surface area contributed by atoms with E-state index in [4.69, 9.17) is 9.47 Å². The van der Waals surface area contributed by atoms with Crippen LogP contribution < -0.4 is 4.74 Å². The van der Waals surface area contributed by atoms with E-state index in [9.17, 15) is 4.79 Å². The first-order valence-corrected chi connectivity index (χ1v) is 6.90. The second-order valence-corrected chi connectivity index (χ2v) is 6.07. The van der Waals surface area contributed by atoms with E-state index in [1.165, 1.54) is 0 Å². The average Bonchev–Trinajstić information content (AvgIpc) is 2.27. The van der Waals surface area contributed by atoms with Gasteiger partial charge in [-0.3, -0.25) is 4.98 Å². The fourth-order valence-electron chi connectivity index (χ4n) is 1.96. The Morgan fingerprint density at radius 3 is 2.80 bits per heavy atom. The molecule has 0 aliphatic carbocycles. The number of aryl methyl sites for hydroxylation is 1.